The molecule has 6 heteroatoms. The van der Waals surface area contributed by atoms with Crippen LogP contribution in [0.2, 0.25) is 0 Å². The molecular formula is C16H17N3O3. The first-order valence-corrected chi connectivity index (χ1v) is 6.99. The van der Waals surface area contributed by atoms with Gasteiger partial charge in [0.25, 0.3) is 0 Å². The van der Waals surface area contributed by atoms with Gasteiger partial charge >= 0.3 is 0 Å². The molecule has 1 atom stereocenters. The van der Waals surface area contributed by atoms with Gasteiger partial charge in [0.2, 0.25) is 0 Å². The van der Waals surface area contributed by atoms with Gasteiger partial charge in [-0.05, 0) is 24.3 Å². The average molecular weight is 299 g/mol. The van der Waals surface area contributed by atoms with Crippen molar-refractivity contribution in [3.63, 3.8) is 0 Å². The van der Waals surface area contributed by atoms with Crippen molar-refractivity contribution in [1.82, 2.24) is 15.0 Å². The van der Waals surface area contributed by atoms with Gasteiger partial charge in [-0.3, -0.25) is 0 Å². The highest BCUT2D eigenvalue weighted by Gasteiger charge is 2.10. The molecule has 0 spiro atoms. The smallest absolute Gasteiger partial charge is 0.123 e. The van der Waals surface area contributed by atoms with E-state index in [0.29, 0.717) is 18.0 Å². The summed E-state index contributed by atoms with van der Waals surface area (Å²) in [6, 6.07) is 14.9. The van der Waals surface area contributed by atoms with E-state index in [9.17, 15) is 5.11 Å². The standard InChI is InChI=1S/C16H17N3O3/c1-21-13-5-4-6-14(9-13)22-11-12(20)10-19-16-8-3-2-7-15(16)17-18-19/h2-9,12,20H,10-11H2,1H3/t12-/m1/s1. The van der Waals surface area contributed by atoms with Gasteiger partial charge < -0.3 is 14.6 Å². The summed E-state index contributed by atoms with van der Waals surface area (Å²) in [5, 5.41) is 18.2. The highest BCUT2D eigenvalue weighted by molar-refractivity contribution is 5.73. The molecular weight excluding hydrogens is 282 g/mol. The molecule has 3 rings (SSSR count). The molecule has 0 fully saturated rings. The third-order valence-electron chi connectivity index (χ3n) is 3.29. The first-order valence-electron chi connectivity index (χ1n) is 6.99. The minimum absolute atomic E-state index is 0.168. The van der Waals surface area contributed by atoms with Crippen molar-refractivity contribution in [1.29, 1.82) is 0 Å². The molecule has 1 N–H and O–H groups in total. The molecule has 0 bridgehead atoms. The van der Waals surface area contributed by atoms with Crippen LogP contribution in [0, 0.1) is 0 Å². The van der Waals surface area contributed by atoms with Crippen molar-refractivity contribution < 1.29 is 14.6 Å². The summed E-state index contributed by atoms with van der Waals surface area (Å²) >= 11 is 0. The Morgan fingerprint density at radius 3 is 2.82 bits per heavy atom. The molecule has 0 aliphatic carbocycles. The molecule has 0 radical (unpaired) electrons. The van der Waals surface area contributed by atoms with E-state index in [1.54, 1.807) is 17.9 Å². The molecule has 0 aliphatic heterocycles. The van der Waals surface area contributed by atoms with Crippen LogP contribution in [0.5, 0.6) is 11.5 Å². The van der Waals surface area contributed by atoms with Crippen LogP contribution in [-0.4, -0.2) is 39.9 Å². The molecule has 6 nitrogen and oxygen atoms in total. The second-order valence-electron chi connectivity index (χ2n) is 4.90. The third-order valence-corrected chi connectivity index (χ3v) is 3.29. The maximum atomic E-state index is 10.1. The van der Waals surface area contributed by atoms with Gasteiger partial charge in [0.15, 0.2) is 0 Å². The molecule has 22 heavy (non-hydrogen) atoms. The lowest BCUT2D eigenvalue weighted by Gasteiger charge is -2.13. The van der Waals surface area contributed by atoms with Gasteiger partial charge in [0.05, 0.1) is 19.2 Å². The quantitative estimate of drug-likeness (QED) is 0.752. The zero-order valence-corrected chi connectivity index (χ0v) is 12.2. The largest absolute Gasteiger partial charge is 0.497 e. The van der Waals surface area contributed by atoms with Gasteiger partial charge in [-0.25, -0.2) is 4.68 Å². The monoisotopic (exact) mass is 299 g/mol. The fourth-order valence-electron chi connectivity index (χ4n) is 2.19. The van der Waals surface area contributed by atoms with Crippen LogP contribution in [0.4, 0.5) is 0 Å². The van der Waals surface area contributed by atoms with Crippen LogP contribution < -0.4 is 9.47 Å². The maximum absolute atomic E-state index is 10.1. The van der Waals surface area contributed by atoms with Crippen molar-refractivity contribution in [3.05, 3.63) is 48.5 Å². The Bertz CT molecular complexity index is 757. The molecule has 0 unspecified atom stereocenters. The fourth-order valence-corrected chi connectivity index (χ4v) is 2.19. The molecule has 3 aromatic rings. The highest BCUT2D eigenvalue weighted by atomic mass is 16.5. The van der Waals surface area contributed by atoms with E-state index in [1.165, 1.54) is 0 Å². The summed E-state index contributed by atoms with van der Waals surface area (Å²) in [7, 11) is 1.60. The van der Waals surface area contributed by atoms with E-state index < -0.39 is 6.10 Å². The summed E-state index contributed by atoms with van der Waals surface area (Å²) < 4.78 is 12.4. The van der Waals surface area contributed by atoms with Crippen molar-refractivity contribution >= 4 is 11.0 Å². The average Bonchev–Trinajstić information content (AvgIpc) is 2.96. The van der Waals surface area contributed by atoms with E-state index in [1.807, 2.05) is 42.5 Å². The first kappa shape index (κ1) is 14.3. The Labute approximate surface area is 127 Å². The zero-order valence-electron chi connectivity index (χ0n) is 12.2. The van der Waals surface area contributed by atoms with Gasteiger partial charge in [-0.1, -0.05) is 23.4 Å². The van der Waals surface area contributed by atoms with Gasteiger partial charge in [-0.2, -0.15) is 0 Å². The summed E-state index contributed by atoms with van der Waals surface area (Å²) in [6.07, 6.45) is -0.684. The topological polar surface area (TPSA) is 69.4 Å². The van der Waals surface area contributed by atoms with Crippen LogP contribution in [0.1, 0.15) is 0 Å². The van der Waals surface area contributed by atoms with Crippen LogP contribution in [0.3, 0.4) is 0 Å². The van der Waals surface area contributed by atoms with E-state index >= 15 is 0 Å². The number of methoxy groups -OCH3 is 1. The Morgan fingerprint density at radius 2 is 1.95 bits per heavy atom. The van der Waals surface area contributed by atoms with Gasteiger partial charge in [0.1, 0.15) is 29.7 Å². The number of nitrogens with zero attached hydrogens (tertiary/aromatic N) is 3. The predicted molar refractivity (Wildman–Crippen MR) is 82.0 cm³/mol. The normalized spacial score (nSPS) is 12.3. The van der Waals surface area contributed by atoms with Crippen LogP contribution in [0.15, 0.2) is 48.5 Å². The van der Waals surface area contributed by atoms with Crippen molar-refractivity contribution in [2.24, 2.45) is 0 Å². The lowest BCUT2D eigenvalue weighted by atomic mass is 10.3. The Kier molecular flexibility index (Phi) is 4.20. The van der Waals surface area contributed by atoms with Crippen LogP contribution >= 0.6 is 0 Å². The van der Waals surface area contributed by atoms with Gasteiger partial charge in [-0.15, -0.1) is 5.10 Å². The number of hydrogen-bond acceptors (Lipinski definition) is 5. The molecule has 114 valence electrons. The number of aliphatic hydroxyl groups excluding tert-OH is 1. The summed E-state index contributed by atoms with van der Waals surface area (Å²) in [6.45, 7) is 0.492. The van der Waals surface area contributed by atoms with Crippen molar-refractivity contribution in [2.45, 2.75) is 12.6 Å². The maximum Gasteiger partial charge on any atom is 0.123 e. The van der Waals surface area contributed by atoms with E-state index in [0.717, 1.165) is 11.0 Å². The van der Waals surface area contributed by atoms with E-state index in [2.05, 4.69) is 10.3 Å². The lowest BCUT2D eigenvalue weighted by Crippen LogP contribution is -2.24. The molecule has 0 saturated heterocycles. The van der Waals surface area contributed by atoms with Crippen LogP contribution in [0.25, 0.3) is 11.0 Å². The van der Waals surface area contributed by atoms with E-state index in [4.69, 9.17) is 9.47 Å². The third kappa shape index (κ3) is 3.17. The molecule has 0 saturated carbocycles. The fraction of sp³-hybridized carbons (Fsp3) is 0.250. The Morgan fingerprint density at radius 1 is 1.14 bits per heavy atom. The lowest BCUT2D eigenvalue weighted by molar-refractivity contribution is 0.0898. The van der Waals surface area contributed by atoms with Crippen molar-refractivity contribution in [3.8, 4) is 11.5 Å². The van der Waals surface area contributed by atoms with Crippen LogP contribution in [-0.2, 0) is 6.54 Å². The first-order chi connectivity index (χ1) is 10.8. The highest BCUT2D eigenvalue weighted by Crippen LogP contribution is 2.19. The molecule has 0 aliphatic rings. The zero-order chi connectivity index (χ0) is 15.4. The molecule has 0 amide bonds. The second-order valence-corrected chi connectivity index (χ2v) is 4.90. The second kappa shape index (κ2) is 6.44. The Balaban J connectivity index is 1.61. The van der Waals surface area contributed by atoms with Gasteiger partial charge in [0, 0.05) is 6.07 Å². The molecule has 2 aromatic carbocycles. The number of benzene rings is 2. The summed E-state index contributed by atoms with van der Waals surface area (Å²) in [4.78, 5) is 0. The Hall–Kier alpha value is -2.60. The van der Waals surface area contributed by atoms with E-state index in [-0.39, 0.29) is 6.61 Å². The SMILES string of the molecule is COc1cccc(OC[C@H](O)Cn2nnc3ccccc32)c1. The number of fused-ring (bicyclic) bond motifs is 1. The minimum Gasteiger partial charge on any atom is -0.497 e. The number of para-hydroxylation sites is 1. The number of aromatic nitrogens is 3. The molecule has 1 heterocycles. The van der Waals surface area contributed by atoms with Crippen molar-refractivity contribution in [2.75, 3.05) is 13.7 Å². The number of aliphatic hydroxyl groups is 1. The number of rotatable bonds is 6. The predicted octanol–water partition coefficient (Wildman–Crippen LogP) is 1.88. The molecule has 1 aromatic heterocycles. The number of hydrogen-bond donors (Lipinski definition) is 1. The number of ether oxygens (including phenoxy) is 2. The summed E-state index contributed by atoms with van der Waals surface area (Å²) in [5.41, 5.74) is 1.70. The minimum atomic E-state index is -0.684. The summed E-state index contributed by atoms with van der Waals surface area (Å²) in [5.74, 6) is 1.37.